The molecule has 7 heteroatoms. The molecule has 2 aromatic heterocycles. The fourth-order valence-electron chi connectivity index (χ4n) is 4.67. The fraction of sp³-hybridized carbons (Fsp3) is 0.185. The zero-order valence-electron chi connectivity index (χ0n) is 18.7. The molecule has 34 heavy (non-hydrogen) atoms. The van der Waals surface area contributed by atoms with E-state index in [2.05, 4.69) is 56.6 Å². The van der Waals surface area contributed by atoms with Gasteiger partial charge in [-0.15, -0.1) is 0 Å². The number of hydrogen-bond donors (Lipinski definition) is 2. The Hall–Kier alpha value is -3.61. The van der Waals surface area contributed by atoms with Gasteiger partial charge in [-0.25, -0.2) is 9.97 Å². The zero-order valence-corrected chi connectivity index (χ0v) is 19.4. The Labute approximate surface area is 202 Å². The van der Waals surface area contributed by atoms with Crippen LogP contribution in [0.5, 0.6) is 0 Å². The number of quaternary nitrogens is 1. The van der Waals surface area contributed by atoms with E-state index in [0.29, 0.717) is 11.4 Å². The number of benzene rings is 3. The Morgan fingerprint density at radius 3 is 2.50 bits per heavy atom. The van der Waals surface area contributed by atoms with Crippen LogP contribution in [0, 0.1) is 0 Å². The van der Waals surface area contributed by atoms with Gasteiger partial charge in [0.1, 0.15) is 24.0 Å². The molecule has 1 aliphatic heterocycles. The number of halogens is 1. The van der Waals surface area contributed by atoms with E-state index >= 15 is 0 Å². The van der Waals surface area contributed by atoms with Gasteiger partial charge in [0.2, 0.25) is 0 Å². The van der Waals surface area contributed by atoms with Crippen LogP contribution < -0.4 is 15.1 Å². The van der Waals surface area contributed by atoms with E-state index in [4.69, 9.17) is 16.0 Å². The van der Waals surface area contributed by atoms with Crippen LogP contribution >= 0.6 is 11.6 Å². The lowest BCUT2D eigenvalue weighted by Crippen LogP contribution is -3.13. The van der Waals surface area contributed by atoms with Gasteiger partial charge in [-0.1, -0.05) is 41.9 Å². The maximum atomic E-state index is 6.35. The average molecular weight is 471 g/mol. The molecule has 3 heterocycles. The van der Waals surface area contributed by atoms with E-state index in [-0.39, 0.29) is 0 Å². The molecule has 0 spiro atoms. The number of nitrogens with zero attached hydrogens (tertiary/aromatic N) is 3. The molecular formula is C27H25ClN5O+. The molecule has 1 saturated heterocycles. The van der Waals surface area contributed by atoms with Crippen LogP contribution in [0.2, 0.25) is 5.02 Å². The van der Waals surface area contributed by atoms with Crippen molar-refractivity contribution in [2.24, 2.45) is 0 Å². The molecule has 0 unspecified atom stereocenters. The fourth-order valence-corrected chi connectivity index (χ4v) is 4.88. The summed E-state index contributed by atoms with van der Waals surface area (Å²) in [6.45, 7) is 5.22. The quantitative estimate of drug-likeness (QED) is 0.390. The minimum atomic E-state index is 0.672. The third-order valence-corrected chi connectivity index (χ3v) is 6.89. The van der Waals surface area contributed by atoms with Gasteiger partial charge in [0.15, 0.2) is 11.4 Å². The molecule has 0 aliphatic carbocycles. The lowest BCUT2D eigenvalue weighted by atomic mass is 10.2. The molecule has 1 aliphatic rings. The van der Waals surface area contributed by atoms with Crippen molar-refractivity contribution in [3.05, 3.63) is 89.7 Å². The molecule has 0 amide bonds. The third-order valence-electron chi connectivity index (χ3n) is 6.52. The number of rotatable bonds is 5. The predicted molar refractivity (Wildman–Crippen MR) is 137 cm³/mol. The van der Waals surface area contributed by atoms with E-state index < -0.39 is 0 Å². The summed E-state index contributed by atoms with van der Waals surface area (Å²) in [6.07, 6.45) is 1.57. The van der Waals surface area contributed by atoms with Crippen molar-refractivity contribution < 1.29 is 9.32 Å². The van der Waals surface area contributed by atoms with Gasteiger partial charge in [0.25, 0.3) is 0 Å². The maximum Gasteiger partial charge on any atom is 0.196 e. The molecule has 6 rings (SSSR count). The maximum absolute atomic E-state index is 6.35. The van der Waals surface area contributed by atoms with Crippen LogP contribution in [0.1, 0.15) is 5.56 Å². The standard InChI is InChI=1S/C27H24ClN5O/c28-23-7-3-1-5-19(23)17-32-13-15-33(16-14-32)21-11-9-20(10-12-21)31-27-26-25(29-18-30-27)22-6-2-4-8-24(22)34-26/h1-12,18H,13-17H2,(H,29,30,31)/p+1. The minimum absolute atomic E-state index is 0.672. The summed E-state index contributed by atoms with van der Waals surface area (Å²) in [4.78, 5) is 12.9. The first-order chi connectivity index (χ1) is 16.7. The number of para-hydroxylation sites is 1. The molecule has 0 radical (unpaired) electrons. The van der Waals surface area contributed by atoms with Crippen molar-refractivity contribution in [1.29, 1.82) is 0 Å². The van der Waals surface area contributed by atoms with Crippen LogP contribution in [0.15, 0.2) is 83.5 Å². The molecule has 3 aromatic carbocycles. The van der Waals surface area contributed by atoms with E-state index in [1.807, 2.05) is 36.4 Å². The lowest BCUT2D eigenvalue weighted by Gasteiger charge is -2.34. The van der Waals surface area contributed by atoms with Crippen LogP contribution in [0.4, 0.5) is 17.2 Å². The Morgan fingerprint density at radius 1 is 0.912 bits per heavy atom. The van der Waals surface area contributed by atoms with Gasteiger partial charge in [0, 0.05) is 27.3 Å². The largest absolute Gasteiger partial charge is 0.450 e. The summed E-state index contributed by atoms with van der Waals surface area (Å²) in [7, 11) is 0. The highest BCUT2D eigenvalue weighted by Crippen LogP contribution is 2.32. The Balaban J connectivity index is 1.13. The monoisotopic (exact) mass is 470 g/mol. The minimum Gasteiger partial charge on any atom is -0.450 e. The Kier molecular flexibility index (Phi) is 5.53. The Bertz CT molecular complexity index is 1440. The molecule has 2 N–H and O–H groups in total. The number of fused-ring (bicyclic) bond motifs is 3. The topological polar surface area (TPSA) is 58.6 Å². The molecule has 0 bridgehead atoms. The average Bonchev–Trinajstić information content (AvgIpc) is 3.26. The van der Waals surface area contributed by atoms with Crippen molar-refractivity contribution in [2.75, 3.05) is 36.4 Å². The highest BCUT2D eigenvalue weighted by molar-refractivity contribution is 6.31. The second-order valence-corrected chi connectivity index (χ2v) is 9.08. The summed E-state index contributed by atoms with van der Waals surface area (Å²) in [5, 5.41) is 5.26. The van der Waals surface area contributed by atoms with Crippen LogP contribution in [-0.2, 0) is 6.54 Å². The number of anilines is 3. The summed E-state index contributed by atoms with van der Waals surface area (Å²) in [5.74, 6) is 0.672. The summed E-state index contributed by atoms with van der Waals surface area (Å²) in [5.41, 5.74) is 5.73. The van der Waals surface area contributed by atoms with Crippen LogP contribution in [0.3, 0.4) is 0 Å². The molecule has 5 aromatic rings. The van der Waals surface area contributed by atoms with Crippen molar-refractivity contribution in [1.82, 2.24) is 9.97 Å². The SMILES string of the molecule is Clc1ccccc1C[NH+]1CCN(c2ccc(Nc3ncnc4c3oc3ccccc34)cc2)CC1. The smallest absolute Gasteiger partial charge is 0.196 e. The van der Waals surface area contributed by atoms with Gasteiger partial charge in [0.05, 0.1) is 26.2 Å². The van der Waals surface area contributed by atoms with Crippen molar-refractivity contribution in [3.8, 4) is 0 Å². The van der Waals surface area contributed by atoms with E-state index in [9.17, 15) is 0 Å². The molecule has 0 atom stereocenters. The van der Waals surface area contributed by atoms with Crippen LogP contribution in [-0.4, -0.2) is 36.1 Å². The molecule has 170 valence electrons. The molecular weight excluding hydrogens is 446 g/mol. The van der Waals surface area contributed by atoms with E-state index in [1.165, 1.54) is 11.3 Å². The van der Waals surface area contributed by atoms with Gasteiger partial charge < -0.3 is 19.5 Å². The number of furan rings is 1. The zero-order chi connectivity index (χ0) is 22.9. The van der Waals surface area contributed by atoms with Gasteiger partial charge in [-0.05, 0) is 42.5 Å². The normalized spacial score (nSPS) is 14.7. The first kappa shape index (κ1) is 21.0. The first-order valence-electron chi connectivity index (χ1n) is 11.6. The van der Waals surface area contributed by atoms with Gasteiger partial charge in [-0.2, -0.15) is 0 Å². The number of nitrogens with one attached hydrogen (secondary N) is 2. The van der Waals surface area contributed by atoms with Crippen molar-refractivity contribution in [3.63, 3.8) is 0 Å². The Morgan fingerprint density at radius 2 is 1.68 bits per heavy atom. The lowest BCUT2D eigenvalue weighted by molar-refractivity contribution is -0.914. The highest BCUT2D eigenvalue weighted by atomic mass is 35.5. The summed E-state index contributed by atoms with van der Waals surface area (Å²) >= 11 is 6.35. The number of piperazine rings is 1. The number of hydrogen-bond acceptors (Lipinski definition) is 5. The predicted octanol–water partition coefficient (Wildman–Crippen LogP) is 4.68. The highest BCUT2D eigenvalue weighted by Gasteiger charge is 2.21. The summed E-state index contributed by atoms with van der Waals surface area (Å²) < 4.78 is 6.03. The third kappa shape index (κ3) is 4.06. The van der Waals surface area contributed by atoms with Crippen molar-refractivity contribution >= 4 is 50.9 Å². The summed E-state index contributed by atoms with van der Waals surface area (Å²) in [6, 6.07) is 24.6. The second-order valence-electron chi connectivity index (χ2n) is 8.68. The van der Waals surface area contributed by atoms with Gasteiger partial charge >= 0.3 is 0 Å². The van der Waals surface area contributed by atoms with Gasteiger partial charge in [-0.3, -0.25) is 0 Å². The van der Waals surface area contributed by atoms with E-state index in [1.54, 1.807) is 11.2 Å². The molecule has 6 nitrogen and oxygen atoms in total. The molecule has 0 saturated carbocycles. The van der Waals surface area contributed by atoms with Crippen molar-refractivity contribution in [2.45, 2.75) is 6.54 Å². The first-order valence-corrected chi connectivity index (χ1v) is 11.9. The van der Waals surface area contributed by atoms with E-state index in [0.717, 1.165) is 59.9 Å². The number of aromatic nitrogens is 2. The second kappa shape index (κ2) is 8.97. The molecule has 1 fully saturated rings. The van der Waals surface area contributed by atoms with Crippen LogP contribution in [0.25, 0.3) is 22.1 Å².